The lowest BCUT2D eigenvalue weighted by atomic mass is 10.1. The Morgan fingerprint density at radius 1 is 1.20 bits per heavy atom. The molecule has 1 aromatic heterocycles. The van der Waals surface area contributed by atoms with Crippen LogP contribution in [0.1, 0.15) is 20.3 Å². The highest BCUT2D eigenvalue weighted by atomic mass is 16.5. The zero-order chi connectivity index (χ0) is 14.6. The van der Waals surface area contributed by atoms with Crippen LogP contribution in [-0.4, -0.2) is 29.5 Å². The molecule has 0 saturated heterocycles. The van der Waals surface area contributed by atoms with Crippen molar-refractivity contribution in [3.05, 3.63) is 40.7 Å². The molecule has 1 heterocycles. The molecule has 3 N–H and O–H groups in total. The Kier molecular flexibility index (Phi) is 4.29. The molecule has 5 nitrogen and oxygen atoms in total. The van der Waals surface area contributed by atoms with E-state index in [0.717, 1.165) is 29.9 Å². The highest BCUT2D eigenvalue weighted by molar-refractivity contribution is 5.62. The van der Waals surface area contributed by atoms with Crippen molar-refractivity contribution >= 4 is 5.69 Å². The molecule has 0 unspecified atom stereocenters. The number of methoxy groups -OCH3 is 1. The molecule has 20 heavy (non-hydrogen) atoms. The summed E-state index contributed by atoms with van der Waals surface area (Å²) in [4.78, 5) is 11.1. The van der Waals surface area contributed by atoms with Gasteiger partial charge in [-0.15, -0.1) is 0 Å². The van der Waals surface area contributed by atoms with E-state index in [4.69, 9.17) is 4.74 Å². The monoisotopic (exact) mass is 275 g/mol. The standard InChI is InChI=1S/C15H21N3O2/c1-15(2,20-3)8-9-16-12-6-4-11(5-7-12)13-10-14(19)18-17-13/h4-7,10,16H,8-9H2,1-3H3,(H2,17,18,19). The first-order chi connectivity index (χ1) is 9.50. The lowest BCUT2D eigenvalue weighted by Crippen LogP contribution is -2.25. The Labute approximate surface area is 118 Å². The number of ether oxygens (including phenoxy) is 1. The molecule has 2 aromatic rings. The van der Waals surface area contributed by atoms with Gasteiger partial charge in [-0.05, 0) is 38.0 Å². The number of nitrogens with one attached hydrogen (secondary N) is 3. The van der Waals surface area contributed by atoms with Crippen molar-refractivity contribution in [3.63, 3.8) is 0 Å². The van der Waals surface area contributed by atoms with Crippen LogP contribution in [0.3, 0.4) is 0 Å². The Balaban J connectivity index is 1.94. The van der Waals surface area contributed by atoms with Gasteiger partial charge in [-0.2, -0.15) is 0 Å². The third kappa shape index (κ3) is 3.74. The summed E-state index contributed by atoms with van der Waals surface area (Å²) in [6.45, 7) is 4.99. The number of anilines is 1. The minimum absolute atomic E-state index is 0.114. The van der Waals surface area contributed by atoms with Crippen molar-refractivity contribution in [2.24, 2.45) is 0 Å². The number of hydrogen-bond acceptors (Lipinski definition) is 3. The summed E-state index contributed by atoms with van der Waals surface area (Å²) in [5, 5.41) is 8.73. The summed E-state index contributed by atoms with van der Waals surface area (Å²) >= 11 is 0. The molecule has 0 saturated carbocycles. The molecule has 0 aliphatic carbocycles. The lowest BCUT2D eigenvalue weighted by Gasteiger charge is -2.23. The minimum Gasteiger partial charge on any atom is -0.385 e. The summed E-state index contributed by atoms with van der Waals surface area (Å²) in [6.07, 6.45) is 0.927. The van der Waals surface area contributed by atoms with E-state index in [0.29, 0.717) is 0 Å². The molecule has 0 bridgehead atoms. The molecule has 108 valence electrons. The van der Waals surface area contributed by atoms with Gasteiger partial charge in [-0.25, -0.2) is 0 Å². The summed E-state index contributed by atoms with van der Waals surface area (Å²) in [5.41, 5.74) is 2.59. The van der Waals surface area contributed by atoms with E-state index in [-0.39, 0.29) is 11.2 Å². The molecule has 1 aromatic carbocycles. The van der Waals surface area contributed by atoms with E-state index in [9.17, 15) is 4.79 Å². The van der Waals surface area contributed by atoms with Crippen LogP contribution in [0.5, 0.6) is 0 Å². The smallest absolute Gasteiger partial charge is 0.264 e. The van der Waals surface area contributed by atoms with E-state index in [1.165, 1.54) is 0 Å². The normalized spacial score (nSPS) is 11.6. The van der Waals surface area contributed by atoms with Crippen LogP contribution >= 0.6 is 0 Å². The Morgan fingerprint density at radius 3 is 2.45 bits per heavy atom. The van der Waals surface area contributed by atoms with Crippen molar-refractivity contribution in [3.8, 4) is 11.3 Å². The Bertz CT molecular complexity index is 596. The number of rotatable bonds is 6. The third-order valence-corrected chi connectivity index (χ3v) is 3.40. The fourth-order valence-corrected chi connectivity index (χ4v) is 1.87. The van der Waals surface area contributed by atoms with Crippen molar-refractivity contribution in [2.75, 3.05) is 19.0 Å². The van der Waals surface area contributed by atoms with E-state index in [1.54, 1.807) is 13.2 Å². The van der Waals surface area contributed by atoms with Gasteiger partial charge in [0.15, 0.2) is 0 Å². The van der Waals surface area contributed by atoms with Gasteiger partial charge in [0.25, 0.3) is 5.56 Å². The molecular weight excluding hydrogens is 254 g/mol. The van der Waals surface area contributed by atoms with Gasteiger partial charge in [0.05, 0.1) is 11.3 Å². The molecular formula is C15H21N3O2. The van der Waals surface area contributed by atoms with E-state index < -0.39 is 0 Å². The predicted molar refractivity (Wildman–Crippen MR) is 81.0 cm³/mol. The maximum atomic E-state index is 11.1. The first-order valence-corrected chi connectivity index (χ1v) is 6.67. The predicted octanol–water partition coefficient (Wildman–Crippen LogP) is 2.60. The van der Waals surface area contributed by atoms with E-state index >= 15 is 0 Å². The Morgan fingerprint density at radius 2 is 1.90 bits per heavy atom. The number of benzene rings is 1. The molecule has 2 rings (SSSR count). The SMILES string of the molecule is COC(C)(C)CCNc1ccc(-c2cc(=O)[nH][nH]2)cc1. The van der Waals surface area contributed by atoms with Gasteiger partial charge >= 0.3 is 0 Å². The maximum absolute atomic E-state index is 11.1. The molecule has 0 aliphatic rings. The van der Waals surface area contributed by atoms with Gasteiger partial charge in [-0.1, -0.05) is 12.1 Å². The fraction of sp³-hybridized carbons (Fsp3) is 0.400. The van der Waals surface area contributed by atoms with Gasteiger partial charge in [0.2, 0.25) is 0 Å². The summed E-state index contributed by atoms with van der Waals surface area (Å²) in [6, 6.07) is 9.50. The van der Waals surface area contributed by atoms with Crippen LogP contribution in [0.4, 0.5) is 5.69 Å². The molecule has 5 heteroatoms. The first kappa shape index (κ1) is 14.4. The highest BCUT2D eigenvalue weighted by Crippen LogP contribution is 2.19. The molecule has 0 radical (unpaired) electrons. The van der Waals surface area contributed by atoms with E-state index in [1.807, 2.05) is 24.3 Å². The molecule has 0 aliphatic heterocycles. The van der Waals surface area contributed by atoms with Crippen molar-refractivity contribution in [2.45, 2.75) is 25.9 Å². The number of H-pyrrole nitrogens is 2. The van der Waals surface area contributed by atoms with Crippen LogP contribution in [0.25, 0.3) is 11.3 Å². The van der Waals surface area contributed by atoms with E-state index in [2.05, 4.69) is 29.4 Å². The molecule has 0 atom stereocenters. The van der Waals surface area contributed by atoms with Gasteiger partial charge in [-0.3, -0.25) is 15.0 Å². The zero-order valence-corrected chi connectivity index (χ0v) is 12.1. The average molecular weight is 275 g/mol. The topological polar surface area (TPSA) is 69.9 Å². The third-order valence-electron chi connectivity index (χ3n) is 3.40. The second-order valence-electron chi connectivity index (χ2n) is 5.39. The van der Waals surface area contributed by atoms with Crippen molar-refractivity contribution in [1.29, 1.82) is 0 Å². The summed E-state index contributed by atoms with van der Waals surface area (Å²) in [7, 11) is 1.73. The van der Waals surface area contributed by atoms with Crippen LogP contribution < -0.4 is 10.9 Å². The fourth-order valence-electron chi connectivity index (χ4n) is 1.87. The number of hydrogen-bond donors (Lipinski definition) is 3. The van der Waals surface area contributed by atoms with Crippen molar-refractivity contribution in [1.82, 2.24) is 10.2 Å². The first-order valence-electron chi connectivity index (χ1n) is 6.67. The minimum atomic E-state index is -0.121. The number of aromatic nitrogens is 2. The van der Waals surface area contributed by atoms with Gasteiger partial charge < -0.3 is 10.1 Å². The van der Waals surface area contributed by atoms with Crippen molar-refractivity contribution < 1.29 is 4.74 Å². The highest BCUT2D eigenvalue weighted by Gasteiger charge is 2.15. The van der Waals surface area contributed by atoms with Gasteiger partial charge in [0, 0.05) is 25.4 Å². The number of aromatic amines is 2. The largest absolute Gasteiger partial charge is 0.385 e. The second-order valence-corrected chi connectivity index (χ2v) is 5.39. The van der Waals surface area contributed by atoms with Gasteiger partial charge in [0.1, 0.15) is 0 Å². The molecule has 0 amide bonds. The Hall–Kier alpha value is -2.01. The summed E-state index contributed by atoms with van der Waals surface area (Å²) in [5.74, 6) is 0. The van der Waals surface area contributed by atoms with Crippen LogP contribution in [0.15, 0.2) is 35.1 Å². The zero-order valence-electron chi connectivity index (χ0n) is 12.1. The molecule has 0 spiro atoms. The maximum Gasteiger partial charge on any atom is 0.264 e. The van der Waals surface area contributed by atoms with Crippen LogP contribution in [-0.2, 0) is 4.74 Å². The summed E-state index contributed by atoms with van der Waals surface area (Å²) < 4.78 is 5.38. The van der Waals surface area contributed by atoms with Crippen LogP contribution in [0.2, 0.25) is 0 Å². The van der Waals surface area contributed by atoms with Crippen LogP contribution in [0, 0.1) is 0 Å². The second kappa shape index (κ2) is 5.96. The average Bonchev–Trinajstić information content (AvgIpc) is 2.86. The quantitative estimate of drug-likeness (QED) is 0.759. The lowest BCUT2D eigenvalue weighted by molar-refractivity contribution is 0.0185. The molecule has 0 fully saturated rings.